The van der Waals surface area contributed by atoms with E-state index >= 15 is 0 Å². The Morgan fingerprint density at radius 2 is 2.33 bits per heavy atom. The maximum absolute atomic E-state index is 5.46. The van der Waals surface area contributed by atoms with E-state index < -0.39 is 0 Å². The number of hydrogen-bond donors (Lipinski definition) is 1. The molecule has 0 aliphatic rings. The molecule has 0 bridgehead atoms. The summed E-state index contributed by atoms with van der Waals surface area (Å²) < 4.78 is 9.44. The van der Waals surface area contributed by atoms with E-state index in [1.165, 1.54) is 11.5 Å². The van der Waals surface area contributed by atoms with E-state index in [2.05, 4.69) is 33.7 Å². The lowest BCUT2D eigenvalue weighted by Gasteiger charge is -2.03. The van der Waals surface area contributed by atoms with Gasteiger partial charge >= 0.3 is 0 Å². The van der Waals surface area contributed by atoms with Gasteiger partial charge in [0.25, 0.3) is 5.89 Å². The number of aromatic nitrogens is 3. The highest BCUT2D eigenvalue weighted by atomic mass is 32.1. The molecule has 2 aromatic heterocycles. The molecule has 0 unspecified atom stereocenters. The fourth-order valence-electron chi connectivity index (χ4n) is 1.04. The second-order valence-corrected chi connectivity index (χ2v) is 4.25. The lowest BCUT2D eigenvalue weighted by Crippen LogP contribution is -2.21. The van der Waals surface area contributed by atoms with E-state index in [1.54, 1.807) is 6.20 Å². The predicted molar refractivity (Wildman–Crippen MR) is 57.4 cm³/mol. The minimum Gasteiger partial charge on any atom is -0.418 e. The predicted octanol–water partition coefficient (Wildman–Crippen LogP) is 1.69. The van der Waals surface area contributed by atoms with Crippen molar-refractivity contribution in [2.75, 3.05) is 0 Å². The van der Waals surface area contributed by atoms with Gasteiger partial charge in [0.2, 0.25) is 5.89 Å². The minimum atomic E-state index is 0.406. The fourth-order valence-corrected chi connectivity index (χ4v) is 1.56. The van der Waals surface area contributed by atoms with Crippen molar-refractivity contribution in [2.24, 2.45) is 0 Å². The molecule has 6 heteroatoms. The molecule has 0 saturated carbocycles. The Balaban J connectivity index is 2.04. The summed E-state index contributed by atoms with van der Waals surface area (Å²) in [6.45, 7) is 4.74. The van der Waals surface area contributed by atoms with Crippen molar-refractivity contribution >= 4 is 11.5 Å². The van der Waals surface area contributed by atoms with Crippen LogP contribution < -0.4 is 5.32 Å². The van der Waals surface area contributed by atoms with Crippen molar-refractivity contribution in [1.29, 1.82) is 0 Å². The number of nitrogens with zero attached hydrogens (tertiary/aromatic N) is 3. The average molecular weight is 224 g/mol. The van der Waals surface area contributed by atoms with E-state index in [9.17, 15) is 0 Å². The van der Waals surface area contributed by atoms with Crippen LogP contribution in [0.25, 0.3) is 10.8 Å². The van der Waals surface area contributed by atoms with Gasteiger partial charge in [-0.05, 0) is 17.6 Å². The molecule has 0 aliphatic carbocycles. The maximum Gasteiger partial charge on any atom is 0.259 e. The molecule has 0 saturated heterocycles. The first-order valence-corrected chi connectivity index (χ1v) is 5.50. The Morgan fingerprint density at radius 3 is 3.00 bits per heavy atom. The Bertz CT molecular complexity index is 409. The highest BCUT2D eigenvalue weighted by Crippen LogP contribution is 2.20. The average Bonchev–Trinajstić information content (AvgIpc) is 2.85. The van der Waals surface area contributed by atoms with Gasteiger partial charge in [0, 0.05) is 12.2 Å². The van der Waals surface area contributed by atoms with Crippen molar-refractivity contribution in [3.8, 4) is 10.8 Å². The zero-order valence-electron chi connectivity index (χ0n) is 8.60. The molecule has 0 spiro atoms. The Labute approximate surface area is 91.7 Å². The molecule has 0 atom stereocenters. The first-order chi connectivity index (χ1) is 7.25. The molecule has 0 amide bonds. The van der Waals surface area contributed by atoms with Gasteiger partial charge in [-0.25, -0.2) is 4.37 Å². The van der Waals surface area contributed by atoms with E-state index in [1.807, 2.05) is 6.07 Å². The largest absolute Gasteiger partial charge is 0.418 e. The Kier molecular flexibility index (Phi) is 3.08. The third kappa shape index (κ3) is 2.60. The van der Waals surface area contributed by atoms with Crippen LogP contribution in [0.2, 0.25) is 0 Å². The molecule has 2 aromatic rings. The summed E-state index contributed by atoms with van der Waals surface area (Å²) in [4.78, 5) is 0.901. The summed E-state index contributed by atoms with van der Waals surface area (Å²) in [7, 11) is 0. The van der Waals surface area contributed by atoms with Crippen molar-refractivity contribution in [2.45, 2.75) is 26.4 Å². The Hall–Kier alpha value is -1.27. The molecule has 2 rings (SSSR count). The van der Waals surface area contributed by atoms with Crippen LogP contribution in [0.15, 0.2) is 16.7 Å². The number of hydrogen-bond acceptors (Lipinski definition) is 6. The van der Waals surface area contributed by atoms with Crippen LogP contribution >= 0.6 is 11.5 Å². The van der Waals surface area contributed by atoms with E-state index in [0.717, 1.165) is 4.88 Å². The molecule has 2 heterocycles. The van der Waals surface area contributed by atoms with Crippen LogP contribution in [0.3, 0.4) is 0 Å². The van der Waals surface area contributed by atoms with Crippen LogP contribution in [0.1, 0.15) is 19.7 Å². The van der Waals surface area contributed by atoms with Crippen molar-refractivity contribution in [3.63, 3.8) is 0 Å². The zero-order chi connectivity index (χ0) is 10.7. The standard InChI is InChI=1S/C9H12N4OS/c1-6(2)10-5-8-12-13-9(14-8)7-3-4-11-15-7/h3-4,6,10H,5H2,1-2H3. The maximum atomic E-state index is 5.46. The third-order valence-corrected chi connectivity index (χ3v) is 2.51. The van der Waals surface area contributed by atoms with Crippen molar-refractivity contribution in [1.82, 2.24) is 19.9 Å². The van der Waals surface area contributed by atoms with Gasteiger partial charge in [-0.1, -0.05) is 13.8 Å². The van der Waals surface area contributed by atoms with Crippen molar-refractivity contribution < 1.29 is 4.42 Å². The van der Waals surface area contributed by atoms with Gasteiger partial charge in [-0.15, -0.1) is 10.2 Å². The third-order valence-electron chi connectivity index (χ3n) is 1.78. The summed E-state index contributed by atoms with van der Waals surface area (Å²) in [5.41, 5.74) is 0. The first kappa shape index (κ1) is 10.3. The van der Waals surface area contributed by atoms with Gasteiger partial charge in [0.1, 0.15) is 4.88 Å². The van der Waals surface area contributed by atoms with Gasteiger partial charge < -0.3 is 9.73 Å². The molecular weight excluding hydrogens is 212 g/mol. The van der Waals surface area contributed by atoms with Gasteiger partial charge in [0.05, 0.1) is 6.54 Å². The molecule has 0 fully saturated rings. The molecule has 15 heavy (non-hydrogen) atoms. The number of nitrogens with one attached hydrogen (secondary N) is 1. The molecule has 0 aliphatic heterocycles. The fraction of sp³-hybridized carbons (Fsp3) is 0.444. The lowest BCUT2D eigenvalue weighted by molar-refractivity contribution is 0.459. The van der Waals surface area contributed by atoms with Crippen LogP contribution in [0.5, 0.6) is 0 Å². The topological polar surface area (TPSA) is 63.8 Å². The van der Waals surface area contributed by atoms with Crippen LogP contribution in [-0.2, 0) is 6.54 Å². The van der Waals surface area contributed by atoms with Gasteiger partial charge in [-0.2, -0.15) is 0 Å². The van der Waals surface area contributed by atoms with Gasteiger partial charge in [0.15, 0.2) is 0 Å². The second-order valence-electron chi connectivity index (χ2n) is 3.41. The summed E-state index contributed by atoms with van der Waals surface area (Å²) >= 11 is 1.35. The zero-order valence-corrected chi connectivity index (χ0v) is 9.41. The quantitative estimate of drug-likeness (QED) is 0.856. The minimum absolute atomic E-state index is 0.406. The summed E-state index contributed by atoms with van der Waals surface area (Å²) in [5, 5.41) is 11.1. The summed E-state index contributed by atoms with van der Waals surface area (Å²) in [6, 6.07) is 2.27. The van der Waals surface area contributed by atoms with Gasteiger partial charge in [-0.3, -0.25) is 0 Å². The smallest absolute Gasteiger partial charge is 0.259 e. The summed E-state index contributed by atoms with van der Waals surface area (Å²) in [6.07, 6.45) is 1.72. The molecule has 1 N–H and O–H groups in total. The second kappa shape index (κ2) is 4.50. The number of rotatable bonds is 4. The SMILES string of the molecule is CC(C)NCc1nnc(-c2ccns2)o1. The van der Waals surface area contributed by atoms with Crippen LogP contribution in [0.4, 0.5) is 0 Å². The molecular formula is C9H12N4OS. The molecule has 0 aromatic carbocycles. The molecule has 5 nitrogen and oxygen atoms in total. The first-order valence-electron chi connectivity index (χ1n) is 4.72. The molecule has 80 valence electrons. The lowest BCUT2D eigenvalue weighted by atomic mass is 10.4. The van der Waals surface area contributed by atoms with Crippen molar-refractivity contribution in [3.05, 3.63) is 18.2 Å². The van der Waals surface area contributed by atoms with Crippen LogP contribution in [0, 0.1) is 0 Å². The monoisotopic (exact) mass is 224 g/mol. The summed E-state index contributed by atoms with van der Waals surface area (Å²) in [5.74, 6) is 1.14. The highest BCUT2D eigenvalue weighted by molar-refractivity contribution is 7.09. The Morgan fingerprint density at radius 1 is 1.47 bits per heavy atom. The molecule has 0 radical (unpaired) electrons. The normalized spacial score (nSPS) is 11.1. The van der Waals surface area contributed by atoms with E-state index in [-0.39, 0.29) is 0 Å². The van der Waals surface area contributed by atoms with E-state index in [4.69, 9.17) is 4.42 Å². The van der Waals surface area contributed by atoms with Crippen LogP contribution in [-0.4, -0.2) is 20.6 Å². The highest BCUT2D eigenvalue weighted by Gasteiger charge is 2.09. The van der Waals surface area contributed by atoms with E-state index in [0.29, 0.717) is 24.4 Å².